The zero-order chi connectivity index (χ0) is 24.3. The molecular weight excluding hydrogens is 437 g/mol. The molecule has 1 heterocycles. The molecule has 8 heteroatoms. The number of benzene rings is 2. The minimum absolute atomic E-state index is 0.195. The van der Waals surface area contributed by atoms with Crippen molar-refractivity contribution in [3.05, 3.63) is 78.6 Å². The summed E-state index contributed by atoms with van der Waals surface area (Å²) in [7, 11) is 3.43. The lowest BCUT2D eigenvalue weighted by atomic mass is 10.1. The molecule has 0 radical (unpaired) electrons. The Morgan fingerprint density at radius 1 is 1.21 bits per heavy atom. The first-order valence-corrected chi connectivity index (χ1v) is 11.1. The first kappa shape index (κ1) is 25.6. The summed E-state index contributed by atoms with van der Waals surface area (Å²) >= 11 is 0. The van der Waals surface area contributed by atoms with Crippen molar-refractivity contribution in [1.82, 2.24) is 14.7 Å². The van der Waals surface area contributed by atoms with Crippen LogP contribution >= 0.6 is 0 Å². The second-order valence-corrected chi connectivity index (χ2v) is 7.89. The number of aromatic nitrogens is 2. The van der Waals surface area contributed by atoms with E-state index in [9.17, 15) is 9.50 Å². The zero-order valence-corrected chi connectivity index (χ0v) is 19.7. The fraction of sp³-hybridized carbons (Fsp3) is 0.346. The van der Waals surface area contributed by atoms with E-state index < -0.39 is 6.10 Å². The van der Waals surface area contributed by atoms with Gasteiger partial charge in [-0.05, 0) is 12.1 Å². The molecule has 2 aromatic carbocycles. The van der Waals surface area contributed by atoms with Crippen LogP contribution in [0.1, 0.15) is 5.56 Å². The van der Waals surface area contributed by atoms with Gasteiger partial charge in [0.1, 0.15) is 17.3 Å². The van der Waals surface area contributed by atoms with E-state index in [4.69, 9.17) is 19.3 Å². The average Bonchev–Trinajstić information content (AvgIpc) is 3.13. The summed E-state index contributed by atoms with van der Waals surface area (Å²) < 4.78 is 32.3. The fourth-order valence-electron chi connectivity index (χ4n) is 3.61. The molecule has 3 aromatic rings. The van der Waals surface area contributed by atoms with Crippen LogP contribution in [0.5, 0.6) is 11.6 Å². The molecule has 182 valence electrons. The Labute approximate surface area is 200 Å². The maximum absolute atomic E-state index is 13.8. The van der Waals surface area contributed by atoms with Gasteiger partial charge in [0.05, 0.1) is 31.5 Å². The fourth-order valence-corrected chi connectivity index (χ4v) is 3.61. The summed E-state index contributed by atoms with van der Waals surface area (Å²) in [6, 6.07) is 15.8. The van der Waals surface area contributed by atoms with Crippen LogP contribution in [-0.2, 0) is 23.1 Å². The number of nitrogens with zero attached hydrogens (tertiary/aromatic N) is 3. The Morgan fingerprint density at radius 2 is 2.00 bits per heavy atom. The van der Waals surface area contributed by atoms with Crippen molar-refractivity contribution in [2.24, 2.45) is 7.05 Å². The van der Waals surface area contributed by atoms with Gasteiger partial charge in [-0.1, -0.05) is 42.5 Å². The predicted octanol–water partition coefficient (Wildman–Crippen LogP) is 4.03. The monoisotopic (exact) mass is 469 g/mol. The van der Waals surface area contributed by atoms with Crippen molar-refractivity contribution in [2.75, 3.05) is 40.0 Å². The third kappa shape index (κ3) is 7.23. The van der Waals surface area contributed by atoms with E-state index in [-0.39, 0.29) is 12.4 Å². The van der Waals surface area contributed by atoms with E-state index >= 15 is 0 Å². The van der Waals surface area contributed by atoms with E-state index in [1.165, 1.54) is 12.1 Å². The van der Waals surface area contributed by atoms with Gasteiger partial charge in [-0.15, -0.1) is 6.58 Å². The SMILES string of the molecule is C=CCOC[C@@H](O)CN(CCOC)Cc1c(-c2ccccc2)nn(C)c1Oc1cccc(F)c1. The van der Waals surface area contributed by atoms with Gasteiger partial charge in [0, 0.05) is 45.4 Å². The Hall–Kier alpha value is -3.04. The van der Waals surface area contributed by atoms with Crippen LogP contribution in [0.25, 0.3) is 11.3 Å². The van der Waals surface area contributed by atoms with Gasteiger partial charge < -0.3 is 19.3 Å². The van der Waals surface area contributed by atoms with Crippen molar-refractivity contribution in [3.8, 4) is 22.9 Å². The molecule has 0 aliphatic heterocycles. The Balaban J connectivity index is 1.93. The average molecular weight is 470 g/mol. The predicted molar refractivity (Wildman–Crippen MR) is 129 cm³/mol. The number of hydrogen-bond donors (Lipinski definition) is 1. The molecule has 0 fully saturated rings. The van der Waals surface area contributed by atoms with Crippen LogP contribution < -0.4 is 4.74 Å². The topological polar surface area (TPSA) is 69.0 Å². The molecule has 1 aromatic heterocycles. The van der Waals surface area contributed by atoms with Gasteiger partial charge in [0.15, 0.2) is 0 Å². The normalized spacial score (nSPS) is 12.1. The van der Waals surface area contributed by atoms with E-state index in [1.54, 1.807) is 37.0 Å². The third-order valence-corrected chi connectivity index (χ3v) is 5.15. The highest BCUT2D eigenvalue weighted by molar-refractivity contribution is 5.65. The third-order valence-electron chi connectivity index (χ3n) is 5.15. The van der Waals surface area contributed by atoms with Crippen LogP contribution in [0.2, 0.25) is 0 Å². The second-order valence-electron chi connectivity index (χ2n) is 7.89. The van der Waals surface area contributed by atoms with Gasteiger partial charge >= 0.3 is 0 Å². The molecule has 34 heavy (non-hydrogen) atoms. The van der Waals surface area contributed by atoms with Crippen LogP contribution in [0.15, 0.2) is 67.3 Å². The number of halogens is 1. The van der Waals surface area contributed by atoms with Gasteiger partial charge in [-0.25, -0.2) is 9.07 Å². The summed E-state index contributed by atoms with van der Waals surface area (Å²) in [5, 5.41) is 15.2. The molecule has 7 nitrogen and oxygen atoms in total. The van der Waals surface area contributed by atoms with Gasteiger partial charge in [-0.2, -0.15) is 5.10 Å². The van der Waals surface area contributed by atoms with E-state index in [1.807, 2.05) is 30.3 Å². The molecule has 0 amide bonds. The summed E-state index contributed by atoms with van der Waals surface area (Å²) in [5.74, 6) is 0.503. The number of aliphatic hydroxyl groups excluding tert-OH is 1. The summed E-state index contributed by atoms with van der Waals surface area (Å²) in [6.07, 6.45) is 0.953. The number of aliphatic hydroxyl groups is 1. The van der Waals surface area contributed by atoms with Crippen molar-refractivity contribution in [3.63, 3.8) is 0 Å². The number of methoxy groups -OCH3 is 1. The van der Waals surface area contributed by atoms with E-state index in [2.05, 4.69) is 11.5 Å². The summed E-state index contributed by atoms with van der Waals surface area (Å²) in [6.45, 7) is 6.06. The quantitative estimate of drug-likeness (QED) is 0.284. The largest absolute Gasteiger partial charge is 0.439 e. The number of ether oxygens (including phenoxy) is 3. The first-order valence-electron chi connectivity index (χ1n) is 11.1. The lowest BCUT2D eigenvalue weighted by Crippen LogP contribution is -2.36. The Kier molecular flexibility index (Phi) is 9.78. The molecule has 0 saturated heterocycles. The highest BCUT2D eigenvalue weighted by atomic mass is 19.1. The molecule has 1 N–H and O–H groups in total. The van der Waals surface area contributed by atoms with Gasteiger partial charge in [0.25, 0.3) is 0 Å². The second kappa shape index (κ2) is 13.0. The molecular formula is C26H32FN3O4. The maximum atomic E-state index is 13.8. The van der Waals surface area contributed by atoms with Gasteiger partial charge in [0.2, 0.25) is 5.88 Å². The van der Waals surface area contributed by atoms with Gasteiger partial charge in [-0.3, -0.25) is 4.90 Å². The number of rotatable bonds is 14. The number of aryl methyl sites for hydroxylation is 1. The highest BCUT2D eigenvalue weighted by Gasteiger charge is 2.23. The first-order chi connectivity index (χ1) is 16.5. The molecule has 0 unspecified atom stereocenters. The van der Waals surface area contributed by atoms with Crippen LogP contribution in [0.4, 0.5) is 4.39 Å². The Morgan fingerprint density at radius 3 is 2.71 bits per heavy atom. The lowest BCUT2D eigenvalue weighted by Gasteiger charge is -2.25. The van der Waals surface area contributed by atoms with E-state index in [0.717, 1.165) is 16.8 Å². The van der Waals surface area contributed by atoms with Crippen LogP contribution in [0.3, 0.4) is 0 Å². The molecule has 0 spiro atoms. The lowest BCUT2D eigenvalue weighted by molar-refractivity contribution is 0.0193. The number of hydrogen-bond acceptors (Lipinski definition) is 6. The molecule has 0 bridgehead atoms. The molecule has 1 atom stereocenters. The van der Waals surface area contributed by atoms with Crippen molar-refractivity contribution in [2.45, 2.75) is 12.6 Å². The Bertz CT molecular complexity index is 1040. The summed E-state index contributed by atoms with van der Waals surface area (Å²) in [4.78, 5) is 2.06. The minimum atomic E-state index is -0.693. The van der Waals surface area contributed by atoms with Crippen molar-refractivity contribution in [1.29, 1.82) is 0 Å². The van der Waals surface area contributed by atoms with Crippen molar-refractivity contribution < 1.29 is 23.7 Å². The highest BCUT2D eigenvalue weighted by Crippen LogP contribution is 2.34. The van der Waals surface area contributed by atoms with Crippen LogP contribution in [0, 0.1) is 5.82 Å². The molecule has 0 aliphatic rings. The standard InChI is InChI=1S/C26H32FN3O4/c1-4-14-33-19-22(31)17-30(13-15-32-3)18-24-25(20-9-6-5-7-10-20)28-29(2)26(24)34-23-12-8-11-21(27)16-23/h4-12,16,22,31H,1,13-15,17-19H2,2-3H3/t22-/m0/s1. The molecule has 0 saturated carbocycles. The summed E-state index contributed by atoms with van der Waals surface area (Å²) in [5.41, 5.74) is 2.52. The molecule has 3 rings (SSSR count). The minimum Gasteiger partial charge on any atom is -0.439 e. The van der Waals surface area contributed by atoms with Crippen LogP contribution in [-0.4, -0.2) is 65.9 Å². The zero-order valence-electron chi connectivity index (χ0n) is 19.7. The van der Waals surface area contributed by atoms with E-state index in [0.29, 0.717) is 44.5 Å². The maximum Gasteiger partial charge on any atom is 0.222 e. The molecule has 0 aliphatic carbocycles. The smallest absolute Gasteiger partial charge is 0.222 e. The van der Waals surface area contributed by atoms with Crippen molar-refractivity contribution >= 4 is 0 Å².